The second-order valence-corrected chi connectivity index (χ2v) is 4.02. The zero-order valence-corrected chi connectivity index (χ0v) is 9.86. The molecule has 5 N–H and O–H groups in total. The number of hydrogen-bond acceptors (Lipinski definition) is 4. The number of nitrogens with zero attached hydrogens (tertiary/aromatic N) is 1. The summed E-state index contributed by atoms with van der Waals surface area (Å²) in [6.07, 6.45) is 3.01. The maximum atomic E-state index is 11.5. The first-order valence-electron chi connectivity index (χ1n) is 5.32. The van der Waals surface area contributed by atoms with E-state index in [1.165, 1.54) is 6.20 Å². The normalized spacial score (nSPS) is 12.2. The molecule has 7 nitrogen and oxygen atoms in total. The predicted octanol–water partition coefficient (Wildman–Crippen LogP) is -0.552. The second-order valence-electron chi connectivity index (χ2n) is 4.02. The number of carbonyl (C=O) groups excluding carboxylic acids is 2. The molecule has 0 aliphatic carbocycles. The summed E-state index contributed by atoms with van der Waals surface area (Å²) in [5.74, 6) is -0.620. The molecule has 2 amide bonds. The van der Waals surface area contributed by atoms with E-state index in [0.717, 1.165) is 0 Å². The van der Waals surface area contributed by atoms with Crippen LogP contribution in [0.2, 0.25) is 0 Å². The number of aromatic amines is 1. The first kappa shape index (κ1) is 13.2. The number of carbonyl (C=O) groups is 2. The van der Waals surface area contributed by atoms with Gasteiger partial charge in [0.25, 0.3) is 0 Å². The molecule has 17 heavy (non-hydrogen) atoms. The average Bonchev–Trinajstić information content (AvgIpc) is 2.77. The molecule has 0 unspecified atom stereocenters. The number of H-pyrrole nitrogens is 1. The molecule has 0 saturated carbocycles. The molecule has 0 aliphatic heterocycles. The molecule has 1 aromatic heterocycles. The molecule has 0 bridgehead atoms. The quantitative estimate of drug-likeness (QED) is 0.552. The SMILES string of the molecule is CC(C)[C@H](N)C(=O)NCC(=O)Nc1cn[nH]c1. The van der Waals surface area contributed by atoms with Gasteiger partial charge in [-0.3, -0.25) is 14.7 Å². The maximum absolute atomic E-state index is 11.5. The summed E-state index contributed by atoms with van der Waals surface area (Å²) in [7, 11) is 0. The van der Waals surface area contributed by atoms with E-state index < -0.39 is 6.04 Å². The molecule has 0 aliphatic rings. The summed E-state index contributed by atoms with van der Waals surface area (Å²) in [6, 6.07) is -0.600. The average molecular weight is 239 g/mol. The van der Waals surface area contributed by atoms with Gasteiger partial charge in [-0.15, -0.1) is 0 Å². The molecular weight excluding hydrogens is 222 g/mol. The van der Waals surface area contributed by atoms with Crippen LogP contribution in [-0.2, 0) is 9.59 Å². The monoisotopic (exact) mass is 239 g/mol. The van der Waals surface area contributed by atoms with E-state index in [-0.39, 0.29) is 24.3 Å². The lowest BCUT2D eigenvalue weighted by molar-refractivity contribution is -0.125. The number of nitrogens with two attached hydrogens (primary N) is 1. The van der Waals surface area contributed by atoms with Crippen molar-refractivity contribution in [3.8, 4) is 0 Å². The third kappa shape index (κ3) is 4.23. The first-order valence-corrected chi connectivity index (χ1v) is 5.32. The Morgan fingerprint density at radius 3 is 2.76 bits per heavy atom. The van der Waals surface area contributed by atoms with E-state index in [0.29, 0.717) is 5.69 Å². The fourth-order valence-electron chi connectivity index (χ4n) is 1.11. The molecule has 0 aromatic carbocycles. The minimum atomic E-state index is -0.600. The maximum Gasteiger partial charge on any atom is 0.243 e. The van der Waals surface area contributed by atoms with Gasteiger partial charge in [-0.1, -0.05) is 13.8 Å². The van der Waals surface area contributed by atoms with Gasteiger partial charge in [0, 0.05) is 6.20 Å². The Morgan fingerprint density at radius 1 is 1.53 bits per heavy atom. The van der Waals surface area contributed by atoms with E-state index in [9.17, 15) is 9.59 Å². The highest BCUT2D eigenvalue weighted by molar-refractivity contribution is 5.95. The molecule has 0 saturated heterocycles. The van der Waals surface area contributed by atoms with Crippen LogP contribution in [0.5, 0.6) is 0 Å². The van der Waals surface area contributed by atoms with Crippen LogP contribution in [0, 0.1) is 5.92 Å². The van der Waals surface area contributed by atoms with Gasteiger partial charge in [-0.25, -0.2) is 0 Å². The third-order valence-corrected chi connectivity index (χ3v) is 2.23. The van der Waals surface area contributed by atoms with Crippen LogP contribution in [0.15, 0.2) is 12.4 Å². The Kier molecular flexibility index (Phi) is 4.65. The fraction of sp³-hybridized carbons (Fsp3) is 0.500. The van der Waals surface area contributed by atoms with E-state index >= 15 is 0 Å². The Bertz CT molecular complexity index is 374. The van der Waals surface area contributed by atoms with Crippen molar-refractivity contribution >= 4 is 17.5 Å². The van der Waals surface area contributed by atoms with Crippen LogP contribution in [0.3, 0.4) is 0 Å². The van der Waals surface area contributed by atoms with E-state index in [1.807, 2.05) is 13.8 Å². The van der Waals surface area contributed by atoms with Gasteiger partial charge in [-0.05, 0) is 5.92 Å². The van der Waals surface area contributed by atoms with E-state index in [2.05, 4.69) is 20.8 Å². The van der Waals surface area contributed by atoms with Gasteiger partial charge in [0.1, 0.15) is 0 Å². The number of hydrogen-bond donors (Lipinski definition) is 4. The second kappa shape index (κ2) is 6.00. The molecule has 7 heteroatoms. The largest absolute Gasteiger partial charge is 0.346 e. The molecule has 1 aromatic rings. The lowest BCUT2D eigenvalue weighted by Crippen LogP contribution is -2.46. The van der Waals surface area contributed by atoms with Crippen molar-refractivity contribution in [1.82, 2.24) is 15.5 Å². The Hall–Kier alpha value is -1.89. The molecule has 0 spiro atoms. The molecule has 1 heterocycles. The molecule has 1 rings (SSSR count). The van der Waals surface area contributed by atoms with Gasteiger partial charge in [0.15, 0.2) is 0 Å². The number of aromatic nitrogens is 2. The summed E-state index contributed by atoms with van der Waals surface area (Å²) in [6.45, 7) is 3.58. The number of nitrogens with one attached hydrogen (secondary N) is 3. The third-order valence-electron chi connectivity index (χ3n) is 2.23. The smallest absolute Gasteiger partial charge is 0.243 e. The number of amides is 2. The topological polar surface area (TPSA) is 113 Å². The summed E-state index contributed by atoms with van der Waals surface area (Å²) < 4.78 is 0. The minimum absolute atomic E-state index is 0.0342. The lowest BCUT2D eigenvalue weighted by Gasteiger charge is -2.14. The van der Waals surface area contributed by atoms with Crippen molar-refractivity contribution in [2.24, 2.45) is 11.7 Å². The minimum Gasteiger partial charge on any atom is -0.346 e. The highest BCUT2D eigenvalue weighted by atomic mass is 16.2. The van der Waals surface area contributed by atoms with E-state index in [4.69, 9.17) is 5.73 Å². The summed E-state index contributed by atoms with van der Waals surface area (Å²) in [5, 5.41) is 11.3. The van der Waals surface area contributed by atoms with Crippen molar-refractivity contribution in [3.05, 3.63) is 12.4 Å². The molecule has 94 valence electrons. The number of anilines is 1. The highest BCUT2D eigenvalue weighted by Crippen LogP contribution is 2.00. The van der Waals surface area contributed by atoms with Gasteiger partial charge < -0.3 is 16.4 Å². The highest BCUT2D eigenvalue weighted by Gasteiger charge is 2.17. The van der Waals surface area contributed by atoms with Crippen molar-refractivity contribution in [3.63, 3.8) is 0 Å². The van der Waals surface area contributed by atoms with Crippen molar-refractivity contribution in [2.45, 2.75) is 19.9 Å². The van der Waals surface area contributed by atoms with Gasteiger partial charge in [0.05, 0.1) is 24.5 Å². The molecular formula is C10H17N5O2. The van der Waals surface area contributed by atoms with Crippen molar-refractivity contribution < 1.29 is 9.59 Å². The summed E-state index contributed by atoms with van der Waals surface area (Å²) in [5.41, 5.74) is 6.18. The Labute approximate surface area is 99.1 Å². The van der Waals surface area contributed by atoms with Crippen LogP contribution in [-0.4, -0.2) is 34.6 Å². The van der Waals surface area contributed by atoms with Gasteiger partial charge >= 0.3 is 0 Å². The van der Waals surface area contributed by atoms with Crippen LogP contribution in [0.4, 0.5) is 5.69 Å². The van der Waals surface area contributed by atoms with Gasteiger partial charge in [0.2, 0.25) is 11.8 Å². The van der Waals surface area contributed by atoms with Crippen LogP contribution < -0.4 is 16.4 Å². The fourth-order valence-corrected chi connectivity index (χ4v) is 1.11. The van der Waals surface area contributed by atoms with Gasteiger partial charge in [-0.2, -0.15) is 5.10 Å². The Morgan fingerprint density at radius 2 is 2.24 bits per heavy atom. The predicted molar refractivity (Wildman–Crippen MR) is 63.0 cm³/mol. The number of rotatable bonds is 5. The zero-order chi connectivity index (χ0) is 12.8. The first-order chi connectivity index (χ1) is 8.00. The van der Waals surface area contributed by atoms with Crippen LogP contribution in [0.25, 0.3) is 0 Å². The zero-order valence-electron chi connectivity index (χ0n) is 9.86. The summed E-state index contributed by atoms with van der Waals surface area (Å²) >= 11 is 0. The van der Waals surface area contributed by atoms with Crippen molar-refractivity contribution in [1.29, 1.82) is 0 Å². The molecule has 1 atom stereocenters. The summed E-state index contributed by atoms with van der Waals surface area (Å²) in [4.78, 5) is 22.9. The Balaban J connectivity index is 2.31. The van der Waals surface area contributed by atoms with Crippen molar-refractivity contribution in [2.75, 3.05) is 11.9 Å². The molecule has 0 fully saturated rings. The standard InChI is InChI=1S/C10H17N5O2/c1-6(2)9(11)10(17)12-5-8(16)15-7-3-13-14-4-7/h3-4,6,9H,5,11H2,1-2H3,(H,12,17)(H,13,14)(H,15,16)/t9-/m0/s1. The van der Waals surface area contributed by atoms with E-state index in [1.54, 1.807) is 6.20 Å². The molecule has 0 radical (unpaired) electrons. The van der Waals surface area contributed by atoms with Crippen LogP contribution >= 0.6 is 0 Å². The lowest BCUT2D eigenvalue weighted by atomic mass is 10.1. The van der Waals surface area contributed by atoms with Crippen LogP contribution in [0.1, 0.15) is 13.8 Å².